The second kappa shape index (κ2) is 8.09. The number of amides is 2. The molecule has 0 radical (unpaired) electrons. The topological polar surface area (TPSA) is 101 Å². The van der Waals surface area contributed by atoms with Gasteiger partial charge in [-0.1, -0.05) is 0 Å². The van der Waals surface area contributed by atoms with Crippen LogP contribution in [-0.2, 0) is 22.2 Å². The summed E-state index contributed by atoms with van der Waals surface area (Å²) in [6.07, 6.45) is -4.29. The molecule has 1 aromatic carbocycles. The third-order valence-electron chi connectivity index (χ3n) is 4.39. The van der Waals surface area contributed by atoms with Crippen molar-refractivity contribution < 1.29 is 22.8 Å². The summed E-state index contributed by atoms with van der Waals surface area (Å²) in [5.41, 5.74) is 2.75. The fraction of sp³-hybridized carbons (Fsp3) is 0.316. The molecule has 0 saturated heterocycles. The number of nitrogens with zero attached hydrogens (tertiary/aromatic N) is 4. The zero-order valence-electron chi connectivity index (χ0n) is 16.5. The Morgan fingerprint density at radius 2 is 1.63 bits per heavy atom. The average Bonchev–Trinajstić information content (AvgIpc) is 3.07. The van der Waals surface area contributed by atoms with Gasteiger partial charge in [0.05, 0.1) is 0 Å². The molecule has 11 heteroatoms. The predicted molar refractivity (Wildman–Crippen MR) is 103 cm³/mol. The Kier molecular flexibility index (Phi) is 5.72. The molecule has 0 aliphatic heterocycles. The SMILES string of the molecule is CC(=O)Nc1ccc(NC(=O)CCc2c(C)nc3nc(C(F)(F)F)nn3c2C)cc1. The van der Waals surface area contributed by atoms with E-state index in [1.165, 1.54) is 6.92 Å². The van der Waals surface area contributed by atoms with Crippen molar-refractivity contribution >= 4 is 29.0 Å². The number of rotatable bonds is 5. The number of aryl methyl sites for hydroxylation is 2. The number of aromatic nitrogens is 4. The van der Waals surface area contributed by atoms with Crippen molar-refractivity contribution in [3.8, 4) is 0 Å². The number of fused-ring (bicyclic) bond motifs is 1. The van der Waals surface area contributed by atoms with Gasteiger partial charge in [0, 0.05) is 36.1 Å². The molecule has 0 unspecified atom stereocenters. The summed E-state index contributed by atoms with van der Waals surface area (Å²) in [7, 11) is 0. The fourth-order valence-corrected chi connectivity index (χ4v) is 2.99. The van der Waals surface area contributed by atoms with Crippen LogP contribution in [0.2, 0.25) is 0 Å². The summed E-state index contributed by atoms with van der Waals surface area (Å²) in [4.78, 5) is 30.8. The summed E-state index contributed by atoms with van der Waals surface area (Å²) in [5.74, 6) is -1.85. The molecule has 0 atom stereocenters. The summed E-state index contributed by atoms with van der Waals surface area (Å²) >= 11 is 0. The van der Waals surface area contributed by atoms with E-state index in [2.05, 4.69) is 25.7 Å². The van der Waals surface area contributed by atoms with E-state index in [1.807, 2.05) is 0 Å². The lowest BCUT2D eigenvalue weighted by molar-refractivity contribution is -0.144. The van der Waals surface area contributed by atoms with E-state index in [0.717, 1.165) is 4.52 Å². The molecule has 0 aliphatic rings. The van der Waals surface area contributed by atoms with Crippen LogP contribution in [0.15, 0.2) is 24.3 Å². The van der Waals surface area contributed by atoms with Crippen molar-refractivity contribution in [3.05, 3.63) is 47.0 Å². The van der Waals surface area contributed by atoms with Crippen LogP contribution in [0.3, 0.4) is 0 Å². The number of carbonyl (C=O) groups excluding carboxylic acids is 2. The number of nitrogens with one attached hydrogen (secondary N) is 2. The van der Waals surface area contributed by atoms with E-state index >= 15 is 0 Å². The van der Waals surface area contributed by atoms with E-state index in [0.29, 0.717) is 28.3 Å². The first-order valence-corrected chi connectivity index (χ1v) is 9.02. The second-order valence-electron chi connectivity index (χ2n) is 6.71. The molecular formula is C19H19F3N6O2. The summed E-state index contributed by atoms with van der Waals surface area (Å²) < 4.78 is 39.6. The summed E-state index contributed by atoms with van der Waals surface area (Å²) in [6.45, 7) is 4.67. The highest BCUT2D eigenvalue weighted by Crippen LogP contribution is 2.27. The van der Waals surface area contributed by atoms with Gasteiger partial charge in [0.25, 0.3) is 11.6 Å². The Labute approximate surface area is 169 Å². The van der Waals surface area contributed by atoms with Gasteiger partial charge in [0.2, 0.25) is 11.8 Å². The van der Waals surface area contributed by atoms with Crippen molar-refractivity contribution in [2.45, 2.75) is 39.8 Å². The van der Waals surface area contributed by atoms with E-state index in [-0.39, 0.29) is 30.4 Å². The van der Waals surface area contributed by atoms with Gasteiger partial charge in [-0.05, 0) is 50.1 Å². The quantitative estimate of drug-likeness (QED) is 0.660. The number of halogens is 3. The van der Waals surface area contributed by atoms with Gasteiger partial charge in [0.1, 0.15) is 0 Å². The minimum absolute atomic E-state index is 0.100. The Morgan fingerprint density at radius 3 is 2.20 bits per heavy atom. The number of anilines is 2. The van der Waals surface area contributed by atoms with E-state index < -0.39 is 12.0 Å². The average molecular weight is 420 g/mol. The zero-order valence-corrected chi connectivity index (χ0v) is 16.5. The van der Waals surface area contributed by atoms with E-state index in [9.17, 15) is 22.8 Å². The van der Waals surface area contributed by atoms with Crippen molar-refractivity contribution in [3.63, 3.8) is 0 Å². The number of carbonyl (C=O) groups is 2. The zero-order chi connectivity index (χ0) is 22.1. The minimum atomic E-state index is -4.66. The molecule has 3 rings (SSSR count). The number of benzene rings is 1. The highest BCUT2D eigenvalue weighted by atomic mass is 19.4. The predicted octanol–water partition coefficient (Wildman–Crippen LogP) is 3.29. The lowest BCUT2D eigenvalue weighted by Gasteiger charge is -2.11. The number of alkyl halides is 3. The van der Waals surface area contributed by atoms with Crippen LogP contribution in [0.1, 0.15) is 36.1 Å². The Bertz CT molecular complexity index is 1110. The molecule has 0 bridgehead atoms. The maximum atomic E-state index is 12.9. The molecule has 8 nitrogen and oxygen atoms in total. The maximum Gasteiger partial charge on any atom is 0.453 e. The standard InChI is InChI=1S/C19H19F3N6O2/c1-10-15(11(2)28-18(23-10)26-17(27-28)19(20,21)22)8-9-16(30)25-14-6-4-13(5-7-14)24-12(3)29/h4-7H,8-9H2,1-3H3,(H,24,29)(H,25,30). The third kappa shape index (κ3) is 4.73. The molecule has 30 heavy (non-hydrogen) atoms. The number of hydrogen-bond acceptors (Lipinski definition) is 5. The molecule has 2 amide bonds. The molecule has 0 spiro atoms. The molecule has 158 valence electrons. The van der Waals surface area contributed by atoms with Gasteiger partial charge in [-0.25, -0.2) is 9.50 Å². The van der Waals surface area contributed by atoms with Crippen LogP contribution < -0.4 is 10.6 Å². The van der Waals surface area contributed by atoms with Crippen LogP contribution in [0.5, 0.6) is 0 Å². The van der Waals surface area contributed by atoms with Crippen LogP contribution in [0, 0.1) is 13.8 Å². The molecule has 2 aromatic heterocycles. The highest BCUT2D eigenvalue weighted by Gasteiger charge is 2.36. The number of hydrogen-bond donors (Lipinski definition) is 2. The lowest BCUT2D eigenvalue weighted by atomic mass is 10.1. The van der Waals surface area contributed by atoms with Crippen LogP contribution in [0.25, 0.3) is 5.78 Å². The van der Waals surface area contributed by atoms with E-state index in [1.54, 1.807) is 38.1 Å². The first-order chi connectivity index (χ1) is 14.0. The van der Waals surface area contributed by atoms with Gasteiger partial charge in [-0.15, -0.1) is 5.10 Å². The van der Waals surface area contributed by atoms with Crippen LogP contribution >= 0.6 is 0 Å². The van der Waals surface area contributed by atoms with E-state index in [4.69, 9.17) is 0 Å². The molecule has 3 aromatic rings. The van der Waals surface area contributed by atoms with Gasteiger partial charge in [-0.2, -0.15) is 18.2 Å². The smallest absolute Gasteiger partial charge is 0.326 e. The van der Waals surface area contributed by atoms with Gasteiger partial charge in [0.15, 0.2) is 0 Å². The molecule has 0 aliphatic carbocycles. The van der Waals surface area contributed by atoms with Crippen LogP contribution in [0.4, 0.5) is 24.5 Å². The fourth-order valence-electron chi connectivity index (χ4n) is 2.99. The van der Waals surface area contributed by atoms with Gasteiger partial charge in [-0.3, -0.25) is 9.59 Å². The van der Waals surface area contributed by atoms with Gasteiger partial charge < -0.3 is 10.6 Å². The molecule has 2 heterocycles. The summed E-state index contributed by atoms with van der Waals surface area (Å²) in [5, 5.41) is 8.86. The minimum Gasteiger partial charge on any atom is -0.326 e. The second-order valence-corrected chi connectivity index (χ2v) is 6.71. The molecule has 2 N–H and O–H groups in total. The van der Waals surface area contributed by atoms with Crippen molar-refractivity contribution in [2.75, 3.05) is 10.6 Å². The van der Waals surface area contributed by atoms with Crippen molar-refractivity contribution in [2.24, 2.45) is 0 Å². The highest BCUT2D eigenvalue weighted by molar-refractivity contribution is 5.92. The van der Waals surface area contributed by atoms with Crippen molar-refractivity contribution in [1.82, 2.24) is 19.6 Å². The van der Waals surface area contributed by atoms with Gasteiger partial charge >= 0.3 is 6.18 Å². The van der Waals surface area contributed by atoms with Crippen LogP contribution in [-0.4, -0.2) is 31.4 Å². The largest absolute Gasteiger partial charge is 0.453 e. The maximum absolute atomic E-state index is 12.9. The third-order valence-corrected chi connectivity index (χ3v) is 4.39. The normalized spacial score (nSPS) is 11.5. The first kappa shape index (κ1) is 21.2. The lowest BCUT2D eigenvalue weighted by Crippen LogP contribution is -2.14. The monoisotopic (exact) mass is 420 g/mol. The Balaban J connectivity index is 1.70. The molecule has 0 saturated carbocycles. The van der Waals surface area contributed by atoms with Crippen molar-refractivity contribution in [1.29, 1.82) is 0 Å². The Hall–Kier alpha value is -3.50. The Morgan fingerprint density at radius 1 is 1.03 bits per heavy atom. The molecular weight excluding hydrogens is 401 g/mol. The summed E-state index contributed by atoms with van der Waals surface area (Å²) in [6, 6.07) is 6.63. The molecule has 0 fully saturated rings. The first-order valence-electron chi connectivity index (χ1n) is 9.02.